The molecule has 0 spiro atoms. The zero-order chi connectivity index (χ0) is 14.8. The lowest BCUT2D eigenvalue weighted by molar-refractivity contribution is 0.478. The molecule has 0 saturated carbocycles. The second-order valence-corrected chi connectivity index (χ2v) is 5.33. The summed E-state index contributed by atoms with van der Waals surface area (Å²) >= 11 is 0. The van der Waals surface area contributed by atoms with Crippen LogP contribution in [0, 0.1) is 0 Å². The number of phenolic OH excluding ortho intramolecular Hbond substituents is 1. The van der Waals surface area contributed by atoms with Crippen LogP contribution < -0.4 is 5.73 Å². The first-order valence-corrected chi connectivity index (χ1v) is 6.88. The summed E-state index contributed by atoms with van der Waals surface area (Å²) < 4.78 is 30.5. The van der Waals surface area contributed by atoms with E-state index >= 15 is 0 Å². The van der Waals surface area contributed by atoms with Gasteiger partial charge >= 0.3 is 0 Å². The molecule has 2 aromatic rings. The molecule has 0 amide bonds. The first kappa shape index (κ1) is 14.0. The van der Waals surface area contributed by atoms with Gasteiger partial charge in [0.2, 0.25) is 0 Å². The van der Waals surface area contributed by atoms with Gasteiger partial charge in [-0.05, 0) is 42.5 Å². The fourth-order valence-electron chi connectivity index (χ4n) is 1.40. The summed E-state index contributed by atoms with van der Waals surface area (Å²) in [6.45, 7) is 0. The molecule has 0 atom stereocenters. The fourth-order valence-corrected chi connectivity index (χ4v) is 1.88. The monoisotopic (exact) mass is 293 g/mol. The number of azo groups is 1. The van der Waals surface area contributed by atoms with Crippen molar-refractivity contribution in [2.24, 2.45) is 10.2 Å². The van der Waals surface area contributed by atoms with Crippen molar-refractivity contribution in [3.05, 3.63) is 42.5 Å². The Labute approximate surface area is 115 Å². The quantitative estimate of drug-likeness (QED) is 0.347. The minimum absolute atomic E-state index is 0.0403. The minimum Gasteiger partial charge on any atom is -0.506 e. The van der Waals surface area contributed by atoms with E-state index in [9.17, 15) is 13.5 Å². The van der Waals surface area contributed by atoms with E-state index in [1.165, 1.54) is 42.5 Å². The standard InChI is InChI=1S/C12H11N3O4S/c13-11-7-9(3-6-12(11)16)15-14-8-1-4-10(5-2-8)20(17,18)19/h1-7,16H,13H2,(H,17,18,19). The summed E-state index contributed by atoms with van der Waals surface area (Å²) in [6.07, 6.45) is 0. The van der Waals surface area contributed by atoms with Gasteiger partial charge in [0.05, 0.1) is 22.0 Å². The number of hydrogen-bond acceptors (Lipinski definition) is 6. The van der Waals surface area contributed by atoms with E-state index in [1.807, 2.05) is 0 Å². The van der Waals surface area contributed by atoms with Gasteiger partial charge in [0, 0.05) is 0 Å². The SMILES string of the molecule is Nc1cc(N=Nc2ccc(S(=O)(=O)O)cc2)ccc1O. The van der Waals surface area contributed by atoms with Crippen LogP contribution in [0.3, 0.4) is 0 Å². The molecule has 0 radical (unpaired) electrons. The Morgan fingerprint density at radius 2 is 1.50 bits per heavy atom. The van der Waals surface area contributed by atoms with E-state index in [0.29, 0.717) is 11.4 Å². The minimum atomic E-state index is -4.21. The Hall–Kier alpha value is -2.45. The van der Waals surface area contributed by atoms with E-state index in [1.54, 1.807) is 0 Å². The van der Waals surface area contributed by atoms with E-state index in [0.717, 1.165) is 0 Å². The highest BCUT2D eigenvalue weighted by atomic mass is 32.2. The summed E-state index contributed by atoms with van der Waals surface area (Å²) in [5.41, 5.74) is 6.54. The predicted octanol–water partition coefficient (Wildman–Crippen LogP) is 2.64. The molecule has 0 unspecified atom stereocenters. The molecule has 2 aromatic carbocycles. The van der Waals surface area contributed by atoms with Gasteiger partial charge in [0.25, 0.3) is 10.1 Å². The molecule has 7 nitrogen and oxygen atoms in total. The molecule has 0 aliphatic carbocycles. The van der Waals surface area contributed by atoms with Crippen molar-refractivity contribution in [2.75, 3.05) is 5.73 Å². The number of rotatable bonds is 3. The molecular weight excluding hydrogens is 282 g/mol. The molecule has 0 aromatic heterocycles. The Kier molecular flexibility index (Phi) is 3.68. The van der Waals surface area contributed by atoms with Crippen molar-refractivity contribution in [1.29, 1.82) is 0 Å². The molecule has 0 heterocycles. The molecule has 0 saturated heterocycles. The van der Waals surface area contributed by atoms with Crippen LogP contribution in [-0.4, -0.2) is 18.1 Å². The average molecular weight is 293 g/mol. The molecule has 0 aliphatic heterocycles. The maximum absolute atomic E-state index is 10.9. The number of benzene rings is 2. The number of hydrogen-bond donors (Lipinski definition) is 3. The van der Waals surface area contributed by atoms with Gasteiger partial charge in [0.15, 0.2) is 0 Å². The van der Waals surface area contributed by atoms with Gasteiger partial charge in [-0.3, -0.25) is 4.55 Å². The normalized spacial score (nSPS) is 11.8. The van der Waals surface area contributed by atoms with E-state index in [-0.39, 0.29) is 16.3 Å². The lowest BCUT2D eigenvalue weighted by Crippen LogP contribution is -1.96. The Bertz CT molecular complexity index is 755. The number of aromatic hydroxyl groups is 1. The second-order valence-electron chi connectivity index (χ2n) is 3.91. The molecule has 2 rings (SSSR count). The number of nitrogens with two attached hydrogens (primary N) is 1. The lowest BCUT2D eigenvalue weighted by atomic mass is 10.2. The van der Waals surface area contributed by atoms with Crippen LogP contribution in [0.25, 0.3) is 0 Å². The van der Waals surface area contributed by atoms with Gasteiger partial charge in [-0.2, -0.15) is 18.6 Å². The zero-order valence-electron chi connectivity index (χ0n) is 10.1. The first-order chi connectivity index (χ1) is 9.36. The molecule has 0 fully saturated rings. The smallest absolute Gasteiger partial charge is 0.294 e. The fraction of sp³-hybridized carbons (Fsp3) is 0. The molecule has 104 valence electrons. The molecular formula is C12H11N3O4S. The van der Waals surface area contributed by atoms with E-state index in [4.69, 9.17) is 10.3 Å². The largest absolute Gasteiger partial charge is 0.506 e. The highest BCUT2D eigenvalue weighted by Gasteiger charge is 2.08. The lowest BCUT2D eigenvalue weighted by Gasteiger charge is -1.99. The van der Waals surface area contributed by atoms with Crippen molar-refractivity contribution in [3.63, 3.8) is 0 Å². The summed E-state index contributed by atoms with van der Waals surface area (Å²) in [7, 11) is -4.21. The first-order valence-electron chi connectivity index (χ1n) is 5.44. The van der Waals surface area contributed by atoms with Crippen molar-refractivity contribution < 1.29 is 18.1 Å². The highest BCUT2D eigenvalue weighted by Crippen LogP contribution is 2.26. The van der Waals surface area contributed by atoms with Crippen LogP contribution in [0.2, 0.25) is 0 Å². The highest BCUT2D eigenvalue weighted by molar-refractivity contribution is 7.85. The van der Waals surface area contributed by atoms with E-state index < -0.39 is 10.1 Å². The second kappa shape index (κ2) is 5.27. The van der Waals surface area contributed by atoms with Crippen LogP contribution in [0.1, 0.15) is 0 Å². The summed E-state index contributed by atoms with van der Waals surface area (Å²) in [6, 6.07) is 9.61. The maximum atomic E-state index is 10.9. The van der Waals surface area contributed by atoms with Crippen molar-refractivity contribution in [2.45, 2.75) is 4.90 Å². The van der Waals surface area contributed by atoms with Gasteiger partial charge < -0.3 is 10.8 Å². The van der Waals surface area contributed by atoms with Gasteiger partial charge in [-0.1, -0.05) is 0 Å². The molecule has 4 N–H and O–H groups in total. The van der Waals surface area contributed by atoms with Gasteiger partial charge in [-0.15, -0.1) is 0 Å². The number of anilines is 1. The third-order valence-corrected chi connectivity index (χ3v) is 3.29. The van der Waals surface area contributed by atoms with Crippen molar-refractivity contribution in [1.82, 2.24) is 0 Å². The van der Waals surface area contributed by atoms with Crippen LogP contribution in [0.15, 0.2) is 57.6 Å². The van der Waals surface area contributed by atoms with Crippen molar-refractivity contribution >= 4 is 27.2 Å². The summed E-state index contributed by atoms with van der Waals surface area (Å²) in [5.74, 6) is -0.0403. The summed E-state index contributed by atoms with van der Waals surface area (Å²) in [4.78, 5) is -0.217. The number of nitrogens with zero attached hydrogens (tertiary/aromatic N) is 2. The Morgan fingerprint density at radius 1 is 0.950 bits per heavy atom. The van der Waals surface area contributed by atoms with E-state index in [2.05, 4.69) is 10.2 Å². The topological polar surface area (TPSA) is 125 Å². The third-order valence-electron chi connectivity index (χ3n) is 2.43. The third kappa shape index (κ3) is 3.31. The zero-order valence-corrected chi connectivity index (χ0v) is 10.9. The maximum Gasteiger partial charge on any atom is 0.294 e. The summed E-state index contributed by atoms with van der Waals surface area (Å²) in [5, 5.41) is 17.0. The van der Waals surface area contributed by atoms with Crippen LogP contribution >= 0.6 is 0 Å². The molecule has 8 heteroatoms. The molecule has 0 bridgehead atoms. The van der Waals surface area contributed by atoms with Crippen molar-refractivity contribution in [3.8, 4) is 5.75 Å². The van der Waals surface area contributed by atoms with Crippen LogP contribution in [-0.2, 0) is 10.1 Å². The van der Waals surface area contributed by atoms with Crippen LogP contribution in [0.4, 0.5) is 17.1 Å². The molecule has 0 aliphatic rings. The number of phenols is 1. The Morgan fingerprint density at radius 3 is 2.05 bits per heavy atom. The van der Waals surface area contributed by atoms with Gasteiger partial charge in [0.1, 0.15) is 5.75 Å². The average Bonchev–Trinajstić information content (AvgIpc) is 2.40. The predicted molar refractivity (Wildman–Crippen MR) is 73.0 cm³/mol. The molecule has 20 heavy (non-hydrogen) atoms. The Balaban J connectivity index is 2.21. The van der Waals surface area contributed by atoms with Gasteiger partial charge in [-0.25, -0.2) is 0 Å². The number of nitrogen functional groups attached to an aromatic ring is 1. The van der Waals surface area contributed by atoms with Crippen LogP contribution in [0.5, 0.6) is 5.75 Å².